The number of aromatic nitrogens is 1. The molecule has 3 rings (SSSR count). The van der Waals surface area contributed by atoms with Gasteiger partial charge in [0.2, 0.25) is 5.89 Å². The third-order valence-electron chi connectivity index (χ3n) is 5.24. The van der Waals surface area contributed by atoms with E-state index in [-0.39, 0.29) is 36.4 Å². The number of benzene rings is 1. The summed E-state index contributed by atoms with van der Waals surface area (Å²) in [5.74, 6) is -0.385. The minimum Gasteiger partial charge on any atom is -0.484 e. The molecule has 1 saturated carbocycles. The summed E-state index contributed by atoms with van der Waals surface area (Å²) in [4.78, 5) is 28.0. The summed E-state index contributed by atoms with van der Waals surface area (Å²) >= 11 is 0. The highest BCUT2D eigenvalue weighted by molar-refractivity contribution is 5.92. The number of nitrogens with zero attached hydrogens (tertiary/aromatic N) is 1. The number of rotatable bonds is 8. The molecule has 2 atom stereocenters. The van der Waals surface area contributed by atoms with Gasteiger partial charge in [-0.2, -0.15) is 0 Å². The SMILES string of the molecule is CC1CCCCC1c1oc(CNC(=O)COc2ccc(OC(F)(F)F)cc2)nc1C(N)=O. The molecule has 2 unspecified atom stereocenters. The van der Waals surface area contributed by atoms with Crippen LogP contribution in [0.1, 0.15) is 60.7 Å². The summed E-state index contributed by atoms with van der Waals surface area (Å²) in [7, 11) is 0. The van der Waals surface area contributed by atoms with Gasteiger partial charge >= 0.3 is 6.36 Å². The van der Waals surface area contributed by atoms with Crippen LogP contribution in [0.15, 0.2) is 28.7 Å². The maximum Gasteiger partial charge on any atom is 0.573 e. The van der Waals surface area contributed by atoms with Gasteiger partial charge in [0, 0.05) is 5.92 Å². The number of halogens is 3. The highest BCUT2D eigenvalue weighted by Crippen LogP contribution is 2.39. The number of amides is 2. The van der Waals surface area contributed by atoms with E-state index in [4.69, 9.17) is 14.9 Å². The number of nitrogens with two attached hydrogens (primary N) is 1. The predicted molar refractivity (Wildman–Crippen MR) is 106 cm³/mol. The zero-order valence-electron chi connectivity index (χ0n) is 17.4. The third-order valence-corrected chi connectivity index (χ3v) is 5.24. The second-order valence-corrected chi connectivity index (χ2v) is 7.64. The largest absolute Gasteiger partial charge is 0.573 e. The monoisotopic (exact) mass is 455 g/mol. The van der Waals surface area contributed by atoms with E-state index >= 15 is 0 Å². The van der Waals surface area contributed by atoms with Crippen LogP contribution in [0.5, 0.6) is 11.5 Å². The van der Waals surface area contributed by atoms with Crippen LogP contribution < -0.4 is 20.5 Å². The molecular weight excluding hydrogens is 431 g/mol. The van der Waals surface area contributed by atoms with Crippen LogP contribution in [0, 0.1) is 5.92 Å². The Kier molecular flexibility index (Phi) is 7.26. The molecule has 1 aliphatic rings. The molecule has 11 heteroatoms. The van der Waals surface area contributed by atoms with Crippen LogP contribution in [0.3, 0.4) is 0 Å². The molecule has 8 nitrogen and oxygen atoms in total. The fourth-order valence-corrected chi connectivity index (χ4v) is 3.70. The first-order valence-electron chi connectivity index (χ1n) is 10.2. The summed E-state index contributed by atoms with van der Waals surface area (Å²) in [5, 5.41) is 2.56. The Morgan fingerprint density at radius 2 is 1.84 bits per heavy atom. The minimum atomic E-state index is -4.79. The first-order valence-corrected chi connectivity index (χ1v) is 10.2. The van der Waals surface area contributed by atoms with Crippen LogP contribution in [0.25, 0.3) is 0 Å². The number of ether oxygens (including phenoxy) is 2. The van der Waals surface area contributed by atoms with Crippen molar-refractivity contribution in [2.75, 3.05) is 6.61 Å². The summed E-state index contributed by atoms with van der Waals surface area (Å²) in [6.07, 6.45) is -0.732. The van der Waals surface area contributed by atoms with Crippen molar-refractivity contribution in [3.05, 3.63) is 41.6 Å². The lowest BCUT2D eigenvalue weighted by Gasteiger charge is -2.27. The molecule has 0 spiro atoms. The van der Waals surface area contributed by atoms with Crippen molar-refractivity contribution >= 4 is 11.8 Å². The van der Waals surface area contributed by atoms with Gasteiger partial charge in [-0.1, -0.05) is 26.2 Å². The second-order valence-electron chi connectivity index (χ2n) is 7.64. The Morgan fingerprint density at radius 3 is 2.47 bits per heavy atom. The molecule has 2 aromatic rings. The fourth-order valence-electron chi connectivity index (χ4n) is 3.70. The third kappa shape index (κ3) is 6.38. The Morgan fingerprint density at radius 1 is 1.19 bits per heavy atom. The van der Waals surface area contributed by atoms with Gasteiger partial charge in [0.05, 0.1) is 6.54 Å². The number of hydrogen-bond acceptors (Lipinski definition) is 6. The van der Waals surface area contributed by atoms with Crippen molar-refractivity contribution in [1.82, 2.24) is 10.3 Å². The maximum atomic E-state index is 12.2. The van der Waals surface area contributed by atoms with Gasteiger partial charge in [-0.3, -0.25) is 9.59 Å². The quantitative estimate of drug-likeness (QED) is 0.628. The summed E-state index contributed by atoms with van der Waals surface area (Å²) in [5.41, 5.74) is 5.54. The molecule has 0 aliphatic heterocycles. The van der Waals surface area contributed by atoms with E-state index in [0.29, 0.717) is 11.7 Å². The maximum absolute atomic E-state index is 12.2. The van der Waals surface area contributed by atoms with E-state index in [1.165, 1.54) is 12.1 Å². The van der Waals surface area contributed by atoms with E-state index in [1.807, 2.05) is 0 Å². The molecule has 1 fully saturated rings. The number of primary amides is 1. The van der Waals surface area contributed by atoms with Gasteiger partial charge in [-0.25, -0.2) is 4.98 Å². The van der Waals surface area contributed by atoms with Gasteiger partial charge in [0.25, 0.3) is 11.8 Å². The highest BCUT2D eigenvalue weighted by Gasteiger charge is 2.32. The number of alkyl halides is 3. The number of oxazole rings is 1. The van der Waals surface area contributed by atoms with E-state index in [1.54, 1.807) is 0 Å². The van der Waals surface area contributed by atoms with Crippen molar-refractivity contribution in [3.63, 3.8) is 0 Å². The summed E-state index contributed by atoms with van der Waals surface area (Å²) in [6, 6.07) is 4.65. The molecule has 2 amide bonds. The number of carbonyl (C=O) groups is 2. The lowest BCUT2D eigenvalue weighted by Crippen LogP contribution is -2.28. The molecule has 32 heavy (non-hydrogen) atoms. The van der Waals surface area contributed by atoms with Gasteiger partial charge in [0.1, 0.15) is 17.3 Å². The van der Waals surface area contributed by atoms with Crippen molar-refractivity contribution in [3.8, 4) is 11.5 Å². The standard InChI is InChI=1S/C21H24F3N3O5/c1-12-4-2-3-5-15(12)19-18(20(25)29)27-17(31-19)10-26-16(28)11-30-13-6-8-14(9-7-13)32-21(22,23)24/h6-9,12,15H,2-5,10-11H2,1H3,(H2,25,29)(H,26,28). The van der Waals surface area contributed by atoms with Gasteiger partial charge < -0.3 is 24.9 Å². The van der Waals surface area contributed by atoms with Crippen molar-refractivity contribution in [1.29, 1.82) is 0 Å². The molecule has 0 saturated heterocycles. The van der Waals surface area contributed by atoms with E-state index in [9.17, 15) is 22.8 Å². The van der Waals surface area contributed by atoms with E-state index in [0.717, 1.165) is 37.8 Å². The zero-order chi connectivity index (χ0) is 23.3. The average Bonchev–Trinajstić information content (AvgIpc) is 3.15. The second kappa shape index (κ2) is 9.92. The van der Waals surface area contributed by atoms with Crippen LogP contribution in [-0.4, -0.2) is 29.8 Å². The molecular formula is C21H24F3N3O5. The normalized spacial score (nSPS) is 18.8. The van der Waals surface area contributed by atoms with Crippen LogP contribution in [-0.2, 0) is 11.3 Å². The number of hydrogen-bond donors (Lipinski definition) is 2. The Bertz CT molecular complexity index is 943. The molecule has 1 aromatic carbocycles. The smallest absolute Gasteiger partial charge is 0.484 e. The van der Waals surface area contributed by atoms with Gasteiger partial charge in [0.15, 0.2) is 12.3 Å². The van der Waals surface area contributed by atoms with Crippen LogP contribution in [0.4, 0.5) is 13.2 Å². The first kappa shape index (κ1) is 23.4. The van der Waals surface area contributed by atoms with E-state index in [2.05, 4.69) is 22.0 Å². The van der Waals surface area contributed by atoms with Gasteiger partial charge in [-0.05, 0) is 36.6 Å². The summed E-state index contributed by atoms with van der Waals surface area (Å²) in [6.45, 7) is 1.65. The molecule has 1 heterocycles. The van der Waals surface area contributed by atoms with Crippen molar-refractivity contribution < 1.29 is 36.7 Å². The predicted octanol–water partition coefficient (Wildman–Crippen LogP) is 3.66. The Hall–Kier alpha value is -3.24. The van der Waals surface area contributed by atoms with Crippen LogP contribution >= 0.6 is 0 Å². The van der Waals surface area contributed by atoms with Gasteiger partial charge in [-0.15, -0.1) is 13.2 Å². The lowest BCUT2D eigenvalue weighted by atomic mass is 9.78. The first-order chi connectivity index (χ1) is 15.1. The molecule has 0 bridgehead atoms. The van der Waals surface area contributed by atoms with Crippen molar-refractivity contribution in [2.24, 2.45) is 11.7 Å². The molecule has 174 valence electrons. The Labute approximate surface area is 182 Å². The molecule has 1 aliphatic carbocycles. The molecule has 0 radical (unpaired) electrons. The zero-order valence-corrected chi connectivity index (χ0v) is 17.4. The number of nitrogens with one attached hydrogen (secondary N) is 1. The number of carbonyl (C=O) groups excluding carboxylic acids is 2. The summed E-state index contributed by atoms with van der Waals surface area (Å²) < 4.78 is 51.3. The fraction of sp³-hybridized carbons (Fsp3) is 0.476. The Balaban J connectivity index is 1.53. The molecule has 3 N–H and O–H groups in total. The average molecular weight is 455 g/mol. The van der Waals surface area contributed by atoms with Crippen LogP contribution in [0.2, 0.25) is 0 Å². The minimum absolute atomic E-state index is 0.0517. The van der Waals surface area contributed by atoms with Crippen molar-refractivity contribution in [2.45, 2.75) is 51.4 Å². The highest BCUT2D eigenvalue weighted by atomic mass is 19.4. The van der Waals surface area contributed by atoms with E-state index < -0.39 is 23.9 Å². The lowest BCUT2D eigenvalue weighted by molar-refractivity contribution is -0.274. The molecule has 1 aromatic heterocycles. The topological polar surface area (TPSA) is 117 Å².